The summed E-state index contributed by atoms with van der Waals surface area (Å²) in [6.07, 6.45) is 0. The van der Waals surface area contributed by atoms with E-state index in [-0.39, 0.29) is 5.91 Å². The number of anilines is 2. The van der Waals surface area contributed by atoms with E-state index in [1.807, 2.05) is 60.4 Å². The van der Waals surface area contributed by atoms with Crippen LogP contribution in [-0.2, 0) is 11.3 Å². The Morgan fingerprint density at radius 2 is 1.77 bits per heavy atom. The molecule has 0 unspecified atom stereocenters. The fraction of sp³-hybridized carbons (Fsp3) is 0.278. The first kappa shape index (κ1) is 14.6. The van der Waals surface area contributed by atoms with Crippen LogP contribution >= 0.6 is 0 Å². The molecule has 4 heteroatoms. The van der Waals surface area contributed by atoms with Crippen LogP contribution in [0.5, 0.6) is 0 Å². The van der Waals surface area contributed by atoms with Crippen molar-refractivity contribution in [2.45, 2.75) is 13.5 Å². The van der Waals surface area contributed by atoms with Crippen LogP contribution < -0.4 is 10.6 Å². The number of nitrogens with zero attached hydrogens (tertiary/aromatic N) is 2. The highest BCUT2D eigenvalue weighted by Crippen LogP contribution is 2.22. The van der Waals surface area contributed by atoms with Crippen LogP contribution in [0.25, 0.3) is 0 Å². The molecular weight excluding hydrogens is 274 g/mol. The largest absolute Gasteiger partial charge is 0.399 e. The van der Waals surface area contributed by atoms with Crippen molar-refractivity contribution >= 4 is 17.3 Å². The summed E-state index contributed by atoms with van der Waals surface area (Å²) >= 11 is 0. The molecule has 0 bridgehead atoms. The number of benzene rings is 2. The molecule has 2 aromatic carbocycles. The molecule has 3 rings (SSSR count). The smallest absolute Gasteiger partial charge is 0.241 e. The monoisotopic (exact) mass is 295 g/mol. The Morgan fingerprint density at radius 3 is 2.45 bits per heavy atom. The van der Waals surface area contributed by atoms with Crippen LogP contribution in [0.1, 0.15) is 11.1 Å². The van der Waals surface area contributed by atoms with E-state index in [0.29, 0.717) is 6.54 Å². The number of amides is 1. The van der Waals surface area contributed by atoms with E-state index < -0.39 is 0 Å². The molecule has 1 saturated heterocycles. The third-order valence-corrected chi connectivity index (χ3v) is 4.09. The van der Waals surface area contributed by atoms with Gasteiger partial charge in [0.15, 0.2) is 0 Å². The number of para-hydroxylation sites is 1. The number of nitrogens with two attached hydrogens (primary N) is 1. The van der Waals surface area contributed by atoms with E-state index in [0.717, 1.165) is 36.6 Å². The molecule has 0 radical (unpaired) electrons. The Hall–Kier alpha value is -2.33. The molecule has 1 amide bonds. The minimum absolute atomic E-state index is 0.163. The fourth-order valence-electron chi connectivity index (χ4n) is 2.86. The molecule has 0 aliphatic carbocycles. The van der Waals surface area contributed by atoms with Gasteiger partial charge in [-0.15, -0.1) is 0 Å². The van der Waals surface area contributed by atoms with Gasteiger partial charge in [0.1, 0.15) is 0 Å². The van der Waals surface area contributed by atoms with Crippen molar-refractivity contribution in [2.24, 2.45) is 0 Å². The van der Waals surface area contributed by atoms with Gasteiger partial charge in [-0.3, -0.25) is 9.69 Å². The third kappa shape index (κ3) is 3.12. The zero-order chi connectivity index (χ0) is 15.5. The number of hydrogen-bond donors (Lipinski definition) is 1. The zero-order valence-corrected chi connectivity index (χ0v) is 12.8. The van der Waals surface area contributed by atoms with Gasteiger partial charge >= 0.3 is 0 Å². The maximum absolute atomic E-state index is 12.5. The lowest BCUT2D eigenvalue weighted by Gasteiger charge is -2.35. The quantitative estimate of drug-likeness (QED) is 0.885. The van der Waals surface area contributed by atoms with Gasteiger partial charge in [0.2, 0.25) is 5.91 Å². The molecule has 0 saturated carbocycles. The average Bonchev–Trinajstić information content (AvgIpc) is 2.51. The number of rotatable bonds is 3. The number of nitrogen functional groups attached to an aromatic ring is 1. The van der Waals surface area contributed by atoms with Gasteiger partial charge in [-0.05, 0) is 36.2 Å². The molecule has 0 aromatic heterocycles. The van der Waals surface area contributed by atoms with Crippen molar-refractivity contribution in [3.8, 4) is 0 Å². The van der Waals surface area contributed by atoms with Crippen molar-refractivity contribution < 1.29 is 4.79 Å². The fourth-order valence-corrected chi connectivity index (χ4v) is 2.86. The van der Waals surface area contributed by atoms with E-state index in [1.165, 1.54) is 5.56 Å². The number of aryl methyl sites for hydroxylation is 1. The van der Waals surface area contributed by atoms with Gasteiger partial charge in [-0.25, -0.2) is 0 Å². The van der Waals surface area contributed by atoms with Gasteiger partial charge in [0.05, 0.1) is 6.54 Å². The molecule has 1 aliphatic rings. The normalized spacial score (nSPS) is 16.0. The molecule has 114 valence electrons. The Kier molecular flexibility index (Phi) is 4.11. The summed E-state index contributed by atoms with van der Waals surface area (Å²) < 4.78 is 0. The minimum atomic E-state index is 0.163. The SMILES string of the molecule is Cc1ccccc1N1CCN(Cc2ccc(N)cc2)CC1=O. The summed E-state index contributed by atoms with van der Waals surface area (Å²) in [5.74, 6) is 0.163. The Balaban J connectivity index is 1.66. The van der Waals surface area contributed by atoms with E-state index >= 15 is 0 Å². The van der Waals surface area contributed by atoms with Crippen molar-refractivity contribution in [3.05, 3.63) is 59.7 Å². The van der Waals surface area contributed by atoms with E-state index in [9.17, 15) is 4.79 Å². The standard InChI is InChI=1S/C18H21N3O/c1-14-4-2-3-5-17(14)21-11-10-20(13-18(21)22)12-15-6-8-16(19)9-7-15/h2-9H,10-13,19H2,1H3. The number of carbonyl (C=O) groups is 1. The Labute approximate surface area is 131 Å². The second-order valence-corrected chi connectivity index (χ2v) is 5.78. The lowest BCUT2D eigenvalue weighted by atomic mass is 10.1. The summed E-state index contributed by atoms with van der Waals surface area (Å²) in [7, 11) is 0. The lowest BCUT2D eigenvalue weighted by molar-refractivity contribution is -0.121. The zero-order valence-electron chi connectivity index (χ0n) is 12.8. The van der Waals surface area contributed by atoms with Crippen LogP contribution in [0.15, 0.2) is 48.5 Å². The number of carbonyl (C=O) groups excluding carboxylic acids is 1. The minimum Gasteiger partial charge on any atom is -0.399 e. The van der Waals surface area contributed by atoms with Gasteiger partial charge in [0.25, 0.3) is 0 Å². The van der Waals surface area contributed by atoms with Crippen LogP contribution in [0.2, 0.25) is 0 Å². The van der Waals surface area contributed by atoms with Crippen molar-refractivity contribution in [1.29, 1.82) is 0 Å². The summed E-state index contributed by atoms with van der Waals surface area (Å²) in [5.41, 5.74) is 9.83. The van der Waals surface area contributed by atoms with Crippen molar-refractivity contribution in [1.82, 2.24) is 4.90 Å². The summed E-state index contributed by atoms with van der Waals surface area (Å²) in [5, 5.41) is 0. The lowest BCUT2D eigenvalue weighted by Crippen LogP contribution is -2.50. The van der Waals surface area contributed by atoms with Crippen molar-refractivity contribution in [3.63, 3.8) is 0 Å². The first-order valence-electron chi connectivity index (χ1n) is 7.56. The third-order valence-electron chi connectivity index (χ3n) is 4.09. The molecule has 0 spiro atoms. The second kappa shape index (κ2) is 6.20. The highest BCUT2D eigenvalue weighted by atomic mass is 16.2. The molecular formula is C18H21N3O. The van der Waals surface area contributed by atoms with E-state index in [2.05, 4.69) is 4.90 Å². The highest BCUT2D eigenvalue weighted by Gasteiger charge is 2.25. The van der Waals surface area contributed by atoms with Gasteiger partial charge < -0.3 is 10.6 Å². The molecule has 1 aliphatic heterocycles. The van der Waals surface area contributed by atoms with Crippen LogP contribution in [0.3, 0.4) is 0 Å². The molecule has 1 fully saturated rings. The summed E-state index contributed by atoms with van der Waals surface area (Å²) in [6.45, 7) is 4.90. The summed E-state index contributed by atoms with van der Waals surface area (Å²) in [4.78, 5) is 16.5. The van der Waals surface area contributed by atoms with Gasteiger partial charge in [-0.2, -0.15) is 0 Å². The van der Waals surface area contributed by atoms with E-state index in [4.69, 9.17) is 5.73 Å². The maximum atomic E-state index is 12.5. The molecule has 4 nitrogen and oxygen atoms in total. The van der Waals surface area contributed by atoms with Crippen LogP contribution in [-0.4, -0.2) is 30.4 Å². The van der Waals surface area contributed by atoms with Crippen molar-refractivity contribution in [2.75, 3.05) is 30.3 Å². The predicted octanol–water partition coefficient (Wildman–Crippen LogP) is 2.43. The molecule has 0 atom stereocenters. The Morgan fingerprint density at radius 1 is 1.05 bits per heavy atom. The van der Waals surface area contributed by atoms with E-state index in [1.54, 1.807) is 0 Å². The second-order valence-electron chi connectivity index (χ2n) is 5.78. The highest BCUT2D eigenvalue weighted by molar-refractivity contribution is 5.96. The first-order valence-corrected chi connectivity index (χ1v) is 7.56. The van der Waals surface area contributed by atoms with Crippen LogP contribution in [0.4, 0.5) is 11.4 Å². The van der Waals surface area contributed by atoms with Crippen LogP contribution in [0, 0.1) is 6.92 Å². The maximum Gasteiger partial charge on any atom is 0.241 e. The average molecular weight is 295 g/mol. The molecule has 2 aromatic rings. The molecule has 22 heavy (non-hydrogen) atoms. The first-order chi connectivity index (χ1) is 10.6. The number of piperazine rings is 1. The molecule has 1 heterocycles. The van der Waals surface area contributed by atoms with Gasteiger partial charge in [0, 0.05) is 31.0 Å². The van der Waals surface area contributed by atoms with Gasteiger partial charge in [-0.1, -0.05) is 30.3 Å². The Bertz CT molecular complexity index is 666. The number of hydrogen-bond acceptors (Lipinski definition) is 3. The molecule has 2 N–H and O–H groups in total. The predicted molar refractivity (Wildman–Crippen MR) is 89.7 cm³/mol. The summed E-state index contributed by atoms with van der Waals surface area (Å²) in [6, 6.07) is 15.9. The topological polar surface area (TPSA) is 49.6 Å².